The average Bonchev–Trinajstić information content (AvgIpc) is 3.69. The number of aryl methyl sites for hydroxylation is 1. The molecular formula is C28H16N4O14. The van der Waals surface area contributed by atoms with Crippen LogP contribution in [0.2, 0.25) is 0 Å². The number of H-pyrrole nitrogens is 2. The molecule has 5 heterocycles. The Kier molecular flexibility index (Phi) is 6.97. The van der Waals surface area contributed by atoms with Gasteiger partial charge in [-0.15, -0.1) is 0 Å². The van der Waals surface area contributed by atoms with E-state index >= 15 is 0 Å². The number of aromatic nitrogens is 4. The number of hydrogen-bond donors (Lipinski definition) is 9. The van der Waals surface area contributed by atoms with Gasteiger partial charge in [-0.3, -0.25) is 0 Å². The summed E-state index contributed by atoms with van der Waals surface area (Å²) >= 11 is 0. The quantitative estimate of drug-likeness (QED) is 0.141. The van der Waals surface area contributed by atoms with E-state index in [9.17, 15) is 69.3 Å². The lowest BCUT2D eigenvalue weighted by Gasteiger charge is -2.04. The molecule has 232 valence electrons. The highest BCUT2D eigenvalue weighted by Gasteiger charge is 2.39. The molecule has 8 bridgehead atoms. The summed E-state index contributed by atoms with van der Waals surface area (Å²) < 4.78 is 0. The van der Waals surface area contributed by atoms with E-state index in [1.54, 1.807) is 0 Å². The van der Waals surface area contributed by atoms with Crippen LogP contribution in [0.15, 0.2) is 12.1 Å². The van der Waals surface area contributed by atoms with Crippen molar-refractivity contribution in [1.29, 1.82) is 0 Å². The number of nitrogens with one attached hydrogen (secondary N) is 2. The number of fused-ring (bicyclic) bond motifs is 8. The van der Waals surface area contributed by atoms with E-state index in [0.29, 0.717) is 0 Å². The fourth-order valence-electron chi connectivity index (χ4n) is 5.21. The van der Waals surface area contributed by atoms with Gasteiger partial charge in [0.15, 0.2) is 0 Å². The van der Waals surface area contributed by atoms with Crippen LogP contribution in [-0.2, 0) is 9.59 Å². The average molecular weight is 632 g/mol. The zero-order valence-electron chi connectivity index (χ0n) is 22.7. The molecule has 3 aromatic heterocycles. The van der Waals surface area contributed by atoms with Crippen molar-refractivity contribution in [2.24, 2.45) is 0 Å². The van der Waals surface area contributed by atoms with Gasteiger partial charge in [0.25, 0.3) is 0 Å². The van der Waals surface area contributed by atoms with Gasteiger partial charge >= 0.3 is 41.8 Å². The van der Waals surface area contributed by atoms with Crippen molar-refractivity contribution < 1.29 is 69.3 Å². The molecule has 0 fully saturated rings. The summed E-state index contributed by atoms with van der Waals surface area (Å²) in [5, 5.41) is 70.6. The van der Waals surface area contributed by atoms with E-state index in [4.69, 9.17) is 0 Å². The first kappa shape index (κ1) is 30.4. The van der Waals surface area contributed by atoms with Gasteiger partial charge in [0.1, 0.15) is 27.8 Å². The minimum atomic E-state index is -2.15. The summed E-state index contributed by atoms with van der Waals surface area (Å²) in [5.41, 5.74) is -12.9. The van der Waals surface area contributed by atoms with Crippen LogP contribution < -0.4 is 0 Å². The van der Waals surface area contributed by atoms with Crippen molar-refractivity contribution in [1.82, 2.24) is 19.9 Å². The van der Waals surface area contributed by atoms with Gasteiger partial charge in [-0.25, -0.2) is 43.5 Å². The standard InChI is InChI=1S/C28H16N4O14/c1-6-9-4-7-2-3-8(29-7)5-10-12(23(35)36)13(24(37)38)19(31-10)17(28(45)46)21-15(26(41)42)14(25(39)40)20(32-21)16(27(43)44)18(30-9)11(6)22(33)34/h2-5,30-31H,1H3,(H,33,34)(H,35,36)(H,37,38)(H,39,40)(H,41,42)(H,43,44)(H,45,46). The van der Waals surface area contributed by atoms with E-state index < -0.39 is 109 Å². The lowest BCUT2D eigenvalue weighted by molar-refractivity contribution is -0.132. The molecule has 0 radical (unpaired) electrons. The van der Waals surface area contributed by atoms with Crippen molar-refractivity contribution >= 4 is 87.2 Å². The number of aromatic carboxylic acids is 5. The maximum atomic E-state index is 12.7. The Bertz CT molecular complexity index is 2270. The van der Waals surface area contributed by atoms with Crippen molar-refractivity contribution in [3.8, 4) is 0 Å². The van der Waals surface area contributed by atoms with Crippen LogP contribution in [-0.4, -0.2) is 97.5 Å². The normalized spacial score (nSPS) is 12.2. The maximum Gasteiger partial charge on any atom is 0.340 e. The Hall–Kier alpha value is -7.11. The van der Waals surface area contributed by atoms with Crippen molar-refractivity contribution in [3.05, 3.63) is 68.3 Å². The molecule has 18 heteroatoms. The first-order valence-electron chi connectivity index (χ1n) is 12.5. The molecule has 0 saturated heterocycles. The van der Waals surface area contributed by atoms with E-state index in [1.807, 2.05) is 0 Å². The van der Waals surface area contributed by atoms with E-state index in [0.717, 1.165) is 6.07 Å². The van der Waals surface area contributed by atoms with Gasteiger partial charge in [-0.05, 0) is 36.8 Å². The predicted molar refractivity (Wildman–Crippen MR) is 152 cm³/mol. The molecule has 5 rings (SSSR count). The lowest BCUT2D eigenvalue weighted by atomic mass is 9.98. The molecular weight excluding hydrogens is 616 g/mol. The zero-order valence-corrected chi connectivity index (χ0v) is 22.7. The molecule has 18 nitrogen and oxygen atoms in total. The Morgan fingerprint density at radius 3 is 1.30 bits per heavy atom. The topological polar surface area (TPSA) is 318 Å². The fourth-order valence-corrected chi connectivity index (χ4v) is 5.21. The molecule has 0 aromatic carbocycles. The zero-order chi connectivity index (χ0) is 33.9. The minimum Gasteiger partial charge on any atom is -0.478 e. The Morgan fingerprint density at radius 2 is 0.891 bits per heavy atom. The van der Waals surface area contributed by atoms with Crippen LogP contribution in [0.3, 0.4) is 0 Å². The van der Waals surface area contributed by atoms with Crippen molar-refractivity contribution in [2.45, 2.75) is 6.92 Å². The highest BCUT2D eigenvalue weighted by Crippen LogP contribution is 2.38. The van der Waals surface area contributed by atoms with E-state index in [-0.39, 0.29) is 22.5 Å². The van der Waals surface area contributed by atoms with Gasteiger partial charge in [0, 0.05) is 5.52 Å². The molecule has 2 aliphatic heterocycles. The summed E-state index contributed by atoms with van der Waals surface area (Å²) in [6, 6.07) is 2.31. The molecule has 0 spiro atoms. The molecule has 0 saturated carbocycles. The molecule has 3 aromatic rings. The number of aliphatic carboxylic acids is 2. The predicted octanol–water partition coefficient (Wildman–Crippen LogP) is 2.36. The van der Waals surface area contributed by atoms with Crippen LogP contribution in [0.1, 0.15) is 80.1 Å². The van der Waals surface area contributed by atoms with Crippen LogP contribution in [0, 0.1) is 6.92 Å². The highest BCUT2D eigenvalue weighted by atomic mass is 16.4. The summed E-state index contributed by atoms with van der Waals surface area (Å²) in [4.78, 5) is 100. The van der Waals surface area contributed by atoms with Gasteiger partial charge in [-0.1, -0.05) is 0 Å². The van der Waals surface area contributed by atoms with Crippen LogP contribution in [0.25, 0.3) is 45.4 Å². The summed E-state index contributed by atoms with van der Waals surface area (Å²) in [6.07, 6.45) is 2.73. The molecule has 0 amide bonds. The Morgan fingerprint density at radius 1 is 0.500 bits per heavy atom. The Labute approximate surface area is 251 Å². The Balaban J connectivity index is 2.28. The monoisotopic (exact) mass is 632 g/mol. The van der Waals surface area contributed by atoms with Crippen LogP contribution in [0.4, 0.5) is 0 Å². The maximum absolute atomic E-state index is 12.7. The van der Waals surface area contributed by atoms with E-state index in [2.05, 4.69) is 19.9 Å². The lowest BCUT2D eigenvalue weighted by Crippen LogP contribution is -2.12. The summed E-state index contributed by atoms with van der Waals surface area (Å²) in [5.74, 6) is -13.9. The number of nitrogens with zero attached hydrogens (tertiary/aromatic N) is 2. The first-order valence-corrected chi connectivity index (χ1v) is 12.5. The largest absolute Gasteiger partial charge is 0.478 e. The molecule has 0 atom stereocenters. The molecule has 9 N–H and O–H groups in total. The van der Waals surface area contributed by atoms with Crippen molar-refractivity contribution in [2.75, 3.05) is 0 Å². The number of carboxylic acid groups (broad SMARTS) is 7. The second-order valence-electron chi connectivity index (χ2n) is 9.61. The number of carboxylic acids is 7. The third kappa shape index (κ3) is 4.58. The van der Waals surface area contributed by atoms with Gasteiger partial charge < -0.3 is 45.7 Å². The van der Waals surface area contributed by atoms with E-state index in [1.165, 1.54) is 25.1 Å². The summed E-state index contributed by atoms with van der Waals surface area (Å²) in [6.45, 7) is 1.28. The summed E-state index contributed by atoms with van der Waals surface area (Å²) in [7, 11) is 0. The minimum absolute atomic E-state index is 0.00348. The first-order chi connectivity index (χ1) is 21.5. The molecule has 2 aliphatic rings. The van der Waals surface area contributed by atoms with Gasteiger partial charge in [0.05, 0.1) is 50.5 Å². The highest BCUT2D eigenvalue weighted by molar-refractivity contribution is 6.39. The molecule has 46 heavy (non-hydrogen) atoms. The van der Waals surface area contributed by atoms with Gasteiger partial charge in [0.2, 0.25) is 0 Å². The number of hydrogen-bond acceptors (Lipinski definition) is 9. The SMILES string of the molecule is Cc1c(C(=O)O)c2[nH]c1cc1nc(cc3[nH]c(c(C(=O)O)c4nc(c2C(=O)O)C(C(=O)O)=C4C(=O)O)c(C(=O)O)c3C(=O)O)C=C1. The molecule has 0 aliphatic carbocycles. The number of rotatable bonds is 7. The van der Waals surface area contributed by atoms with Crippen molar-refractivity contribution in [3.63, 3.8) is 0 Å². The number of carbonyl (C=O) groups is 7. The molecule has 0 unspecified atom stereocenters. The van der Waals surface area contributed by atoms with Crippen LogP contribution >= 0.6 is 0 Å². The third-order valence-electron chi connectivity index (χ3n) is 7.00. The second-order valence-corrected chi connectivity index (χ2v) is 9.61. The second kappa shape index (κ2) is 10.6. The smallest absolute Gasteiger partial charge is 0.340 e. The number of aromatic amines is 2. The van der Waals surface area contributed by atoms with Crippen LogP contribution in [0.5, 0.6) is 0 Å². The van der Waals surface area contributed by atoms with Gasteiger partial charge in [-0.2, -0.15) is 0 Å². The fraction of sp³-hybridized carbons (Fsp3) is 0.0357. The third-order valence-corrected chi connectivity index (χ3v) is 7.00.